The first kappa shape index (κ1) is 24.7. The number of nitrogens with one attached hydrogen (secondary N) is 1. The fourth-order valence-corrected chi connectivity index (χ4v) is 4.03. The van der Waals surface area contributed by atoms with Gasteiger partial charge in [0.2, 0.25) is 0 Å². The zero-order valence-corrected chi connectivity index (χ0v) is 20.6. The summed E-state index contributed by atoms with van der Waals surface area (Å²) in [6, 6.07) is 18.1. The van der Waals surface area contributed by atoms with Crippen LogP contribution in [-0.4, -0.2) is 17.8 Å². The molecule has 1 N–H and O–H groups in total. The Morgan fingerprint density at radius 3 is 2.47 bits per heavy atom. The Kier molecular flexibility index (Phi) is 7.15. The van der Waals surface area contributed by atoms with Crippen molar-refractivity contribution in [3.63, 3.8) is 0 Å². The third kappa shape index (κ3) is 5.28. The second-order valence-electron chi connectivity index (χ2n) is 8.86. The molecule has 1 heterocycles. The summed E-state index contributed by atoms with van der Waals surface area (Å²) in [6.07, 6.45) is 3.81. The van der Waals surface area contributed by atoms with Crippen molar-refractivity contribution in [2.75, 3.05) is 4.90 Å². The number of imide groups is 2. The van der Waals surface area contributed by atoms with Gasteiger partial charge < -0.3 is 4.74 Å². The van der Waals surface area contributed by atoms with Gasteiger partial charge in [0, 0.05) is 0 Å². The summed E-state index contributed by atoms with van der Waals surface area (Å²) >= 11 is 0. The average molecular weight is 481 g/mol. The van der Waals surface area contributed by atoms with Gasteiger partial charge in [0.15, 0.2) is 0 Å². The number of carbonyl (C=O) groups is 3. The smallest absolute Gasteiger partial charge is 0.335 e. The van der Waals surface area contributed by atoms with E-state index in [4.69, 9.17) is 4.74 Å². The Bertz CT molecular complexity index is 1400. The number of allylic oxidation sites excluding steroid dienone is 1. The van der Waals surface area contributed by atoms with Crippen molar-refractivity contribution < 1.29 is 19.1 Å². The molecule has 0 atom stereocenters. The monoisotopic (exact) mass is 480 g/mol. The van der Waals surface area contributed by atoms with Crippen molar-refractivity contribution >= 4 is 29.6 Å². The quantitative estimate of drug-likeness (QED) is 0.272. The molecule has 0 saturated carbocycles. The van der Waals surface area contributed by atoms with Gasteiger partial charge >= 0.3 is 6.03 Å². The van der Waals surface area contributed by atoms with Crippen LogP contribution in [0.3, 0.4) is 0 Å². The minimum absolute atomic E-state index is 0.120. The topological polar surface area (TPSA) is 75.7 Å². The first-order valence-electron chi connectivity index (χ1n) is 11.7. The molecule has 4 amide bonds. The molecule has 0 unspecified atom stereocenters. The van der Waals surface area contributed by atoms with E-state index in [-0.39, 0.29) is 5.57 Å². The number of aryl methyl sites for hydroxylation is 3. The Morgan fingerprint density at radius 1 is 0.944 bits per heavy atom. The predicted octanol–water partition coefficient (Wildman–Crippen LogP) is 5.59. The van der Waals surface area contributed by atoms with Crippen LogP contribution in [0.5, 0.6) is 5.75 Å². The van der Waals surface area contributed by atoms with Crippen molar-refractivity contribution in [3.05, 3.63) is 112 Å². The van der Waals surface area contributed by atoms with Crippen molar-refractivity contribution in [1.29, 1.82) is 0 Å². The molecule has 0 radical (unpaired) electrons. The lowest BCUT2D eigenvalue weighted by Gasteiger charge is -2.27. The van der Waals surface area contributed by atoms with Crippen molar-refractivity contribution in [3.8, 4) is 5.75 Å². The van der Waals surface area contributed by atoms with Crippen LogP contribution in [0.25, 0.3) is 6.08 Å². The Balaban J connectivity index is 1.62. The number of ether oxygens (including phenoxy) is 1. The number of rotatable bonds is 7. The number of hydrogen-bond donors (Lipinski definition) is 1. The van der Waals surface area contributed by atoms with Crippen LogP contribution < -0.4 is 15.0 Å². The van der Waals surface area contributed by atoms with E-state index >= 15 is 0 Å². The third-order valence-corrected chi connectivity index (χ3v) is 6.09. The van der Waals surface area contributed by atoms with Gasteiger partial charge in [0.05, 0.1) is 5.69 Å². The molecule has 6 nitrogen and oxygen atoms in total. The third-order valence-electron chi connectivity index (χ3n) is 6.09. The molecule has 0 spiro atoms. The summed E-state index contributed by atoms with van der Waals surface area (Å²) < 4.78 is 6.06. The van der Waals surface area contributed by atoms with E-state index in [1.165, 1.54) is 6.08 Å². The number of amides is 4. The number of urea groups is 1. The van der Waals surface area contributed by atoms with E-state index in [1.54, 1.807) is 24.3 Å². The number of carbonyl (C=O) groups excluding carboxylic acids is 3. The average Bonchev–Trinajstić information content (AvgIpc) is 2.83. The van der Waals surface area contributed by atoms with E-state index in [9.17, 15) is 14.4 Å². The molecule has 182 valence electrons. The van der Waals surface area contributed by atoms with Crippen LogP contribution in [0, 0.1) is 20.8 Å². The second kappa shape index (κ2) is 10.4. The summed E-state index contributed by atoms with van der Waals surface area (Å²) in [7, 11) is 0. The minimum atomic E-state index is -0.766. The van der Waals surface area contributed by atoms with E-state index in [0.717, 1.165) is 32.7 Å². The maximum atomic E-state index is 13.2. The van der Waals surface area contributed by atoms with Gasteiger partial charge in [0.25, 0.3) is 11.8 Å². The highest BCUT2D eigenvalue weighted by atomic mass is 16.5. The van der Waals surface area contributed by atoms with Crippen LogP contribution in [0.15, 0.2) is 78.9 Å². The lowest BCUT2D eigenvalue weighted by Crippen LogP contribution is -2.54. The molecule has 0 aromatic heterocycles. The number of nitrogens with zero attached hydrogens (tertiary/aromatic N) is 1. The lowest BCUT2D eigenvalue weighted by molar-refractivity contribution is -0.122. The first-order chi connectivity index (χ1) is 17.3. The SMILES string of the molecule is C=CCc1cc(/C=C2\C(=O)NC(=O)N(c3ccc(C)c(C)c3)C2=O)ccc1OCc1cccc(C)c1. The maximum Gasteiger partial charge on any atom is 0.335 e. The molecule has 3 aromatic carbocycles. The predicted molar refractivity (Wildman–Crippen MR) is 141 cm³/mol. The zero-order chi connectivity index (χ0) is 25.8. The van der Waals surface area contributed by atoms with Crippen LogP contribution >= 0.6 is 0 Å². The standard InChI is InChI=1S/C30H28N2O4/c1-5-7-24-16-22(11-13-27(24)36-18-23-9-6-8-19(2)14-23)17-26-28(33)31-30(35)32(29(26)34)25-12-10-20(3)21(4)15-25/h5-6,8-17H,1,7,18H2,2-4H3,(H,31,33,35)/b26-17+. The number of barbiturate groups is 1. The Labute approximate surface area is 210 Å². The molecule has 1 aliphatic rings. The molecule has 1 fully saturated rings. The normalized spacial score (nSPS) is 14.7. The molecule has 0 bridgehead atoms. The van der Waals surface area contributed by atoms with Gasteiger partial charge in [0.1, 0.15) is 17.9 Å². The van der Waals surface area contributed by atoms with Gasteiger partial charge in [-0.05, 0) is 85.4 Å². The van der Waals surface area contributed by atoms with E-state index in [2.05, 4.69) is 18.0 Å². The minimum Gasteiger partial charge on any atom is -0.489 e. The highest BCUT2D eigenvalue weighted by Crippen LogP contribution is 2.27. The molecular weight excluding hydrogens is 452 g/mol. The van der Waals surface area contributed by atoms with Crippen LogP contribution in [-0.2, 0) is 22.6 Å². The highest BCUT2D eigenvalue weighted by molar-refractivity contribution is 6.39. The summed E-state index contributed by atoms with van der Waals surface area (Å²) in [5.41, 5.74) is 6.00. The molecule has 4 rings (SSSR count). The second-order valence-corrected chi connectivity index (χ2v) is 8.86. The van der Waals surface area contributed by atoms with Crippen LogP contribution in [0.4, 0.5) is 10.5 Å². The molecule has 1 aliphatic heterocycles. The highest BCUT2D eigenvalue weighted by Gasteiger charge is 2.36. The van der Waals surface area contributed by atoms with Crippen molar-refractivity contribution in [2.24, 2.45) is 0 Å². The van der Waals surface area contributed by atoms with Gasteiger partial charge in [-0.1, -0.05) is 48.0 Å². The van der Waals surface area contributed by atoms with E-state index < -0.39 is 17.8 Å². The van der Waals surface area contributed by atoms with Crippen LogP contribution in [0.1, 0.15) is 33.4 Å². The lowest BCUT2D eigenvalue weighted by atomic mass is 10.0. The summed E-state index contributed by atoms with van der Waals surface area (Å²) in [5, 5.41) is 2.27. The number of anilines is 1. The molecule has 0 aliphatic carbocycles. The molecule has 3 aromatic rings. The zero-order valence-electron chi connectivity index (χ0n) is 20.6. The Morgan fingerprint density at radius 2 is 1.75 bits per heavy atom. The van der Waals surface area contributed by atoms with Gasteiger partial charge in [-0.15, -0.1) is 6.58 Å². The van der Waals surface area contributed by atoms with Gasteiger partial charge in [-0.3, -0.25) is 14.9 Å². The molecule has 36 heavy (non-hydrogen) atoms. The fraction of sp³-hybridized carbons (Fsp3) is 0.167. The molecule has 1 saturated heterocycles. The first-order valence-corrected chi connectivity index (χ1v) is 11.7. The summed E-state index contributed by atoms with van der Waals surface area (Å²) in [5.74, 6) is -0.697. The van der Waals surface area contributed by atoms with Crippen molar-refractivity contribution in [2.45, 2.75) is 33.8 Å². The molecular formula is C30H28N2O4. The fourth-order valence-electron chi connectivity index (χ4n) is 4.03. The van der Waals surface area contributed by atoms with Gasteiger partial charge in [-0.25, -0.2) is 9.69 Å². The largest absolute Gasteiger partial charge is 0.489 e. The van der Waals surface area contributed by atoms with E-state index in [1.807, 2.05) is 57.2 Å². The molecule has 6 heteroatoms. The van der Waals surface area contributed by atoms with Crippen molar-refractivity contribution in [1.82, 2.24) is 5.32 Å². The number of hydrogen-bond acceptors (Lipinski definition) is 4. The maximum absolute atomic E-state index is 13.2. The summed E-state index contributed by atoms with van der Waals surface area (Å²) in [6.45, 7) is 10.1. The number of benzene rings is 3. The van der Waals surface area contributed by atoms with Crippen LogP contribution in [0.2, 0.25) is 0 Å². The van der Waals surface area contributed by atoms with E-state index in [0.29, 0.717) is 30.0 Å². The Hall–Kier alpha value is -4.45. The summed E-state index contributed by atoms with van der Waals surface area (Å²) in [4.78, 5) is 39.4. The van der Waals surface area contributed by atoms with Gasteiger partial charge in [-0.2, -0.15) is 0 Å².